The standard InChI is InChI=1S/C15H20N4S/c1-15(2,3)19-14(16-17-18-19)20-13-10-6-8-11-7-4-5-9-12(11)13/h4-5,7,9,13H,6,8,10H2,1-3H3. The molecule has 0 radical (unpaired) electrons. The van der Waals surface area contributed by atoms with Crippen LogP contribution in [0.2, 0.25) is 0 Å². The van der Waals surface area contributed by atoms with Crippen LogP contribution in [-0.4, -0.2) is 20.2 Å². The van der Waals surface area contributed by atoms with Gasteiger partial charge in [0.25, 0.3) is 0 Å². The molecule has 0 amide bonds. The van der Waals surface area contributed by atoms with Crippen LogP contribution < -0.4 is 0 Å². The Kier molecular flexibility index (Phi) is 3.54. The molecule has 1 unspecified atom stereocenters. The lowest BCUT2D eigenvalue weighted by Gasteiger charge is -2.26. The van der Waals surface area contributed by atoms with Gasteiger partial charge in [0.05, 0.1) is 5.54 Å². The third kappa shape index (κ3) is 2.59. The molecule has 106 valence electrons. The summed E-state index contributed by atoms with van der Waals surface area (Å²) in [5, 5.41) is 13.6. The van der Waals surface area contributed by atoms with E-state index in [2.05, 4.69) is 60.6 Å². The van der Waals surface area contributed by atoms with E-state index in [-0.39, 0.29) is 5.54 Å². The number of benzene rings is 1. The molecule has 0 N–H and O–H groups in total. The summed E-state index contributed by atoms with van der Waals surface area (Å²) in [4.78, 5) is 0. The third-order valence-corrected chi connectivity index (χ3v) is 4.88. The molecule has 0 fully saturated rings. The van der Waals surface area contributed by atoms with Crippen LogP contribution in [0.25, 0.3) is 0 Å². The van der Waals surface area contributed by atoms with E-state index in [4.69, 9.17) is 0 Å². The second-order valence-corrected chi connectivity index (χ2v) is 7.41. The first-order valence-electron chi connectivity index (χ1n) is 7.09. The molecule has 1 aromatic heterocycles. The van der Waals surface area contributed by atoms with Crippen LogP contribution >= 0.6 is 11.8 Å². The average Bonchev–Trinajstić information content (AvgIpc) is 2.87. The summed E-state index contributed by atoms with van der Waals surface area (Å²) < 4.78 is 1.93. The molecule has 0 aliphatic heterocycles. The molecular weight excluding hydrogens is 268 g/mol. The minimum atomic E-state index is -0.0833. The summed E-state index contributed by atoms with van der Waals surface area (Å²) in [6, 6.07) is 8.75. The summed E-state index contributed by atoms with van der Waals surface area (Å²) in [5.74, 6) is 0. The van der Waals surface area contributed by atoms with Gasteiger partial charge in [-0.3, -0.25) is 0 Å². The van der Waals surface area contributed by atoms with E-state index in [9.17, 15) is 0 Å². The number of fused-ring (bicyclic) bond motifs is 1. The Morgan fingerprint density at radius 3 is 2.85 bits per heavy atom. The van der Waals surface area contributed by atoms with Crippen molar-refractivity contribution in [3.8, 4) is 0 Å². The molecule has 1 atom stereocenters. The van der Waals surface area contributed by atoms with Crippen LogP contribution in [0, 0.1) is 0 Å². The van der Waals surface area contributed by atoms with E-state index in [1.54, 1.807) is 11.8 Å². The van der Waals surface area contributed by atoms with Crippen molar-refractivity contribution < 1.29 is 0 Å². The highest BCUT2D eigenvalue weighted by Crippen LogP contribution is 2.43. The number of hydrogen-bond acceptors (Lipinski definition) is 4. The summed E-state index contributed by atoms with van der Waals surface area (Å²) in [6.45, 7) is 6.38. The number of nitrogens with zero attached hydrogens (tertiary/aromatic N) is 4. The fraction of sp³-hybridized carbons (Fsp3) is 0.533. The van der Waals surface area contributed by atoms with Gasteiger partial charge in [0.15, 0.2) is 0 Å². The summed E-state index contributed by atoms with van der Waals surface area (Å²) >= 11 is 1.79. The normalized spacial score (nSPS) is 18.9. The Labute approximate surface area is 124 Å². The number of aromatic nitrogens is 4. The van der Waals surface area contributed by atoms with Gasteiger partial charge in [-0.15, -0.1) is 5.10 Å². The number of rotatable bonds is 2. The minimum Gasteiger partial charge on any atom is -0.215 e. The molecule has 20 heavy (non-hydrogen) atoms. The number of tetrazole rings is 1. The van der Waals surface area contributed by atoms with Gasteiger partial charge < -0.3 is 0 Å². The third-order valence-electron chi connectivity index (χ3n) is 3.64. The molecule has 0 saturated carbocycles. The van der Waals surface area contributed by atoms with Gasteiger partial charge >= 0.3 is 0 Å². The Bertz CT molecular complexity index is 600. The van der Waals surface area contributed by atoms with Crippen molar-refractivity contribution in [2.75, 3.05) is 0 Å². The lowest BCUT2D eigenvalue weighted by Crippen LogP contribution is -2.24. The maximum Gasteiger partial charge on any atom is 0.210 e. The molecule has 3 rings (SSSR count). The first-order valence-corrected chi connectivity index (χ1v) is 7.97. The van der Waals surface area contributed by atoms with Crippen LogP contribution in [0.4, 0.5) is 0 Å². The Morgan fingerprint density at radius 2 is 2.05 bits per heavy atom. The maximum absolute atomic E-state index is 4.21. The molecule has 2 aromatic rings. The van der Waals surface area contributed by atoms with Gasteiger partial charge in [-0.25, -0.2) is 4.68 Å². The molecule has 0 bridgehead atoms. The molecule has 5 heteroatoms. The van der Waals surface area contributed by atoms with E-state index in [1.807, 2.05) is 4.68 Å². The van der Waals surface area contributed by atoms with Gasteiger partial charge in [-0.1, -0.05) is 36.0 Å². The highest BCUT2D eigenvalue weighted by atomic mass is 32.2. The fourth-order valence-electron chi connectivity index (χ4n) is 2.63. The van der Waals surface area contributed by atoms with Crippen molar-refractivity contribution in [3.05, 3.63) is 35.4 Å². The highest BCUT2D eigenvalue weighted by molar-refractivity contribution is 7.99. The van der Waals surface area contributed by atoms with Gasteiger partial charge in [0.2, 0.25) is 5.16 Å². The Hall–Kier alpha value is -1.36. The zero-order chi connectivity index (χ0) is 14.2. The van der Waals surface area contributed by atoms with Crippen molar-refractivity contribution in [1.29, 1.82) is 0 Å². The SMILES string of the molecule is CC(C)(C)n1nnnc1SC1CCCc2ccccc21. The van der Waals surface area contributed by atoms with E-state index >= 15 is 0 Å². The molecule has 1 aromatic carbocycles. The maximum atomic E-state index is 4.21. The van der Waals surface area contributed by atoms with Gasteiger partial charge in [-0.2, -0.15) is 0 Å². The van der Waals surface area contributed by atoms with Gasteiger partial charge in [0, 0.05) is 5.25 Å². The first-order chi connectivity index (χ1) is 9.55. The van der Waals surface area contributed by atoms with Crippen molar-refractivity contribution in [1.82, 2.24) is 20.2 Å². The van der Waals surface area contributed by atoms with Crippen LogP contribution in [0.3, 0.4) is 0 Å². The topological polar surface area (TPSA) is 43.6 Å². The first kappa shape index (κ1) is 13.6. The number of thioether (sulfide) groups is 1. The van der Waals surface area contributed by atoms with Crippen LogP contribution in [0.15, 0.2) is 29.4 Å². The molecule has 1 heterocycles. The number of hydrogen-bond donors (Lipinski definition) is 0. The second kappa shape index (κ2) is 5.20. The summed E-state index contributed by atoms with van der Waals surface area (Å²) in [7, 11) is 0. The smallest absolute Gasteiger partial charge is 0.210 e. The summed E-state index contributed by atoms with van der Waals surface area (Å²) in [6.07, 6.45) is 3.63. The molecule has 4 nitrogen and oxygen atoms in total. The lowest BCUT2D eigenvalue weighted by molar-refractivity contribution is 0.321. The monoisotopic (exact) mass is 288 g/mol. The fourth-order valence-corrected chi connectivity index (χ4v) is 4.02. The zero-order valence-electron chi connectivity index (χ0n) is 12.2. The van der Waals surface area contributed by atoms with Crippen LogP contribution in [-0.2, 0) is 12.0 Å². The predicted molar refractivity (Wildman–Crippen MR) is 80.8 cm³/mol. The average molecular weight is 288 g/mol. The van der Waals surface area contributed by atoms with Crippen molar-refractivity contribution in [2.45, 2.75) is 56.0 Å². The van der Waals surface area contributed by atoms with Crippen molar-refractivity contribution in [2.24, 2.45) is 0 Å². The van der Waals surface area contributed by atoms with Gasteiger partial charge in [0.1, 0.15) is 0 Å². The molecular formula is C15H20N4S. The predicted octanol–water partition coefficient (Wildman–Crippen LogP) is 3.60. The van der Waals surface area contributed by atoms with Crippen LogP contribution in [0.5, 0.6) is 0 Å². The molecule has 0 saturated heterocycles. The molecule has 0 spiro atoms. The Morgan fingerprint density at radius 1 is 1.25 bits per heavy atom. The van der Waals surface area contributed by atoms with Gasteiger partial charge in [-0.05, 0) is 61.6 Å². The van der Waals surface area contributed by atoms with Crippen molar-refractivity contribution in [3.63, 3.8) is 0 Å². The summed E-state index contributed by atoms with van der Waals surface area (Å²) in [5.41, 5.74) is 2.85. The van der Waals surface area contributed by atoms with E-state index < -0.39 is 0 Å². The van der Waals surface area contributed by atoms with E-state index in [1.165, 1.54) is 30.4 Å². The Balaban J connectivity index is 1.88. The molecule has 1 aliphatic carbocycles. The zero-order valence-corrected chi connectivity index (χ0v) is 13.0. The quantitative estimate of drug-likeness (QED) is 0.847. The largest absolute Gasteiger partial charge is 0.215 e. The lowest BCUT2D eigenvalue weighted by atomic mass is 9.91. The van der Waals surface area contributed by atoms with Crippen molar-refractivity contribution >= 4 is 11.8 Å². The minimum absolute atomic E-state index is 0.0833. The molecule has 1 aliphatic rings. The number of aryl methyl sites for hydroxylation is 1. The second-order valence-electron chi connectivity index (χ2n) is 6.24. The van der Waals surface area contributed by atoms with Crippen LogP contribution in [0.1, 0.15) is 50.0 Å². The highest BCUT2D eigenvalue weighted by Gasteiger charge is 2.26. The van der Waals surface area contributed by atoms with E-state index in [0.717, 1.165) is 5.16 Å². The van der Waals surface area contributed by atoms with E-state index in [0.29, 0.717) is 5.25 Å².